The first kappa shape index (κ1) is 92.3. The maximum absolute atomic E-state index is 13.0. The van der Waals surface area contributed by atoms with Gasteiger partial charge in [0.25, 0.3) is 0 Å². The fraction of sp³-hybridized carbons (Fsp3) is 0.395. The Hall–Kier alpha value is -2.70. The third-order valence-corrected chi connectivity index (χ3v) is 15.3. The smallest absolute Gasteiger partial charge is 0 e. The number of carbonyl (C=O) groups excluding carboxylic acids is 6. The van der Waals surface area contributed by atoms with Gasteiger partial charge in [-0.2, -0.15) is 0 Å². The Balaban J connectivity index is 0.00000121. The van der Waals surface area contributed by atoms with Crippen LogP contribution in [0.1, 0.15) is 168 Å². The van der Waals surface area contributed by atoms with E-state index in [0.29, 0.717) is 108 Å². The number of Topliss-reactive ketones (excluding diaryl/α,β-unsaturated/α-hetero) is 1. The van der Waals surface area contributed by atoms with Crippen molar-refractivity contribution in [3.63, 3.8) is 0 Å². The van der Waals surface area contributed by atoms with Gasteiger partial charge in [-0.05, 0) is 88.4 Å². The van der Waals surface area contributed by atoms with Crippen molar-refractivity contribution in [1.82, 2.24) is 9.80 Å². The number of ketones is 1. The van der Waals surface area contributed by atoms with Crippen LogP contribution in [0.2, 0.25) is 0 Å². The SMILES string of the molecule is C.C.C=Cc1ccc(Cc2ccccc2)cc1C(=O)OC.CC.CC.CC.COC(=O)c1cc(Cc2ccccc2)ccc1C=O.NC[CH-]C(=O)N1CCC2(CC1)OCCO2.O=C1c2cc(Cc3ccccc3)ccc2CC1[CH-]C(=O)N1CCC2(CC1)OCCO2.[K][K].[Y].[Y]. The van der Waals surface area contributed by atoms with Gasteiger partial charge in [0, 0.05) is 128 Å². The number of aldehydes is 1. The molecule has 1 aliphatic carbocycles. The predicted molar refractivity (Wildman–Crippen MR) is 374 cm³/mol. The van der Waals surface area contributed by atoms with Crippen LogP contribution in [0.4, 0.5) is 0 Å². The minimum Gasteiger partial charge on any atom is 0 e. The number of likely N-dealkylation sites (tertiary alicyclic amines) is 2. The Kier molecular flexibility index (Phi) is 50.0. The third-order valence-electron chi connectivity index (χ3n) is 15.3. The largest absolute Gasteiger partial charge is 0 e. The molecule has 5 aliphatic rings. The summed E-state index contributed by atoms with van der Waals surface area (Å²) in [4.78, 5) is 75.2. The second-order valence-corrected chi connectivity index (χ2v) is 20.8. The summed E-state index contributed by atoms with van der Waals surface area (Å²) < 4.78 is 32.1. The van der Waals surface area contributed by atoms with Gasteiger partial charge in [-0.1, -0.05) is 202 Å². The molecule has 19 heteroatoms. The number of benzene rings is 6. The Labute approximate surface area is 663 Å². The van der Waals surface area contributed by atoms with Crippen molar-refractivity contribution in [2.24, 2.45) is 11.7 Å². The molecule has 11 rings (SSSR count). The van der Waals surface area contributed by atoms with Crippen LogP contribution in [0.5, 0.6) is 0 Å². The molecule has 1 atom stereocenters. The molecule has 2 N–H and O–H groups in total. The van der Waals surface area contributed by atoms with E-state index in [0.717, 1.165) is 64.6 Å². The van der Waals surface area contributed by atoms with Crippen LogP contribution in [0.3, 0.4) is 0 Å². The fourth-order valence-electron chi connectivity index (χ4n) is 10.8. The number of hydrogen-bond acceptors (Lipinski definition) is 13. The van der Waals surface area contributed by atoms with Crippen molar-refractivity contribution in [1.29, 1.82) is 0 Å². The Morgan fingerprint density at radius 3 is 1.28 bits per heavy atom. The van der Waals surface area contributed by atoms with Gasteiger partial charge in [0.05, 0.1) is 63.6 Å². The molecule has 4 saturated heterocycles. The number of esters is 2. The van der Waals surface area contributed by atoms with Crippen LogP contribution in [-0.2, 0) is 129 Å². The Morgan fingerprint density at radius 2 is 0.916 bits per heavy atom. The summed E-state index contributed by atoms with van der Waals surface area (Å²) in [5.41, 5.74) is 15.9. The molecule has 0 saturated carbocycles. The number of nitrogens with two attached hydrogens (primary N) is 1. The van der Waals surface area contributed by atoms with E-state index in [-0.39, 0.29) is 110 Å². The van der Waals surface area contributed by atoms with Gasteiger partial charge in [-0.25, -0.2) is 9.59 Å². The second-order valence-electron chi connectivity index (χ2n) is 20.8. The first-order valence-corrected chi connectivity index (χ1v) is 48.2. The number of carbonyl (C=O) groups is 6. The maximum Gasteiger partial charge on any atom is 0 e. The molecule has 6 aromatic rings. The molecule has 2 radical (unpaired) electrons. The zero-order chi connectivity index (χ0) is 66.6. The van der Waals surface area contributed by atoms with E-state index in [2.05, 4.69) is 41.6 Å². The average molecular weight is 1500 g/mol. The minimum absolute atomic E-state index is 0. The van der Waals surface area contributed by atoms with E-state index in [1.54, 1.807) is 29.5 Å². The molecular formula is C76H99K2N3O12Y2-2. The Morgan fingerprint density at radius 1 is 0.558 bits per heavy atom. The van der Waals surface area contributed by atoms with Crippen LogP contribution in [0.15, 0.2) is 152 Å². The van der Waals surface area contributed by atoms with Gasteiger partial charge in [0.1, 0.15) is 5.78 Å². The van der Waals surface area contributed by atoms with Crippen LogP contribution >= 0.6 is 0 Å². The quantitative estimate of drug-likeness (QED) is 0.0469. The number of hydrogen-bond donors (Lipinski definition) is 1. The molecule has 0 aromatic heterocycles. The van der Waals surface area contributed by atoms with Crippen LogP contribution in [0, 0.1) is 18.8 Å². The molecule has 15 nitrogen and oxygen atoms in total. The first-order chi connectivity index (χ1) is 44.4. The molecule has 2 spiro atoms. The number of fused-ring (bicyclic) bond motifs is 1. The first-order valence-electron chi connectivity index (χ1n) is 32.2. The molecule has 4 aliphatic heterocycles. The molecule has 2 amide bonds. The summed E-state index contributed by atoms with van der Waals surface area (Å²) >= 11 is 2.50. The van der Waals surface area contributed by atoms with E-state index < -0.39 is 17.5 Å². The zero-order valence-corrected chi connectivity index (χ0v) is 68.4. The third kappa shape index (κ3) is 29.4. The molecular weight excluding hydrogens is 1400 g/mol. The molecule has 500 valence electrons. The number of amides is 2. The van der Waals surface area contributed by atoms with Gasteiger partial charge < -0.3 is 53.5 Å². The molecule has 6 aromatic carbocycles. The number of ether oxygens (including phenoxy) is 6. The van der Waals surface area contributed by atoms with E-state index in [1.165, 1.54) is 94.9 Å². The fourth-order valence-corrected chi connectivity index (χ4v) is 10.8. The van der Waals surface area contributed by atoms with Crippen molar-refractivity contribution in [3.8, 4) is 0 Å². The number of methoxy groups -OCH3 is 2. The summed E-state index contributed by atoms with van der Waals surface area (Å²) in [6.45, 7) is 21.2. The summed E-state index contributed by atoms with van der Waals surface area (Å²) in [6.07, 6.45) is 11.3. The van der Waals surface area contributed by atoms with E-state index >= 15 is 0 Å². The van der Waals surface area contributed by atoms with Crippen molar-refractivity contribution >= 4 is 105 Å². The maximum atomic E-state index is 13.0. The standard InChI is InChI=1S/C25H26NO4.C17H16O2.C16H14O3.C10H17N2O3.3C2H6.2CH4.2K.2Y/c27-23(26-10-8-25(9-11-26)29-12-13-30-25)17-21-16-20-7-6-19(15-22(20)24(21)28)14-18-4-2-1-3-5-18;1-3-15-10-9-14(12-16(15)17(18)19-2)11-13-7-5-4-6-8-13;1-19-16(18)15-10-13(7-8-14(15)11-17)9-12-5-3-2-4-6-12;11-4-1-9(13)12-5-2-10(3-6-12)14-7-8-15-10;3*1-2;;;;;;/h1-7,15,17,21H,8-14,16H2;3-10,12H,1,11H2,2H3;2-8,10-11H,9H2,1H3;1H,2-8,11H2;3*1-2H3;2*1H4;;;;/q-1;;;-1;;;;;;;;;. The van der Waals surface area contributed by atoms with Crippen LogP contribution < -0.4 is 5.73 Å². The molecule has 4 fully saturated rings. The van der Waals surface area contributed by atoms with Gasteiger partial charge >= 0.3 is 75.1 Å². The zero-order valence-electron chi connectivity index (χ0n) is 56.5. The Bertz CT molecular complexity index is 3070. The number of nitrogens with zero attached hydrogens (tertiary/aromatic N) is 2. The van der Waals surface area contributed by atoms with Crippen LogP contribution in [0.25, 0.3) is 6.08 Å². The molecule has 4 heterocycles. The monoisotopic (exact) mass is 1500 g/mol. The van der Waals surface area contributed by atoms with Crippen molar-refractivity contribution in [3.05, 3.63) is 232 Å². The summed E-state index contributed by atoms with van der Waals surface area (Å²) in [7, 11) is 2.69. The predicted octanol–water partition coefficient (Wildman–Crippen LogP) is 12.9. The minimum atomic E-state index is -0.495. The van der Waals surface area contributed by atoms with Gasteiger partial charge in [0.2, 0.25) is 0 Å². The molecule has 0 bridgehead atoms. The summed E-state index contributed by atoms with van der Waals surface area (Å²) in [5, 5.41) is 0. The number of rotatable bonds is 14. The molecule has 1 unspecified atom stereocenters. The summed E-state index contributed by atoms with van der Waals surface area (Å²) in [5.74, 6) is -2.06. The van der Waals surface area contributed by atoms with Gasteiger partial charge in [0.15, 0.2) is 17.9 Å². The molecule has 95 heavy (non-hydrogen) atoms. The van der Waals surface area contributed by atoms with E-state index in [1.807, 2.05) is 150 Å². The van der Waals surface area contributed by atoms with Crippen molar-refractivity contribution in [2.45, 2.75) is 119 Å². The average Bonchev–Trinajstić information content (AvgIpc) is 1.70. The van der Waals surface area contributed by atoms with Gasteiger partial charge in [-0.3, -0.25) is 22.4 Å². The van der Waals surface area contributed by atoms with E-state index in [9.17, 15) is 28.8 Å². The normalized spacial score (nSPS) is 15.2. The number of piperidine rings is 2. The second kappa shape index (κ2) is 51.4. The summed E-state index contributed by atoms with van der Waals surface area (Å²) in [6, 6.07) is 47.4. The van der Waals surface area contributed by atoms with E-state index in [4.69, 9.17) is 29.4 Å². The van der Waals surface area contributed by atoms with Crippen molar-refractivity contribution in [2.75, 3.05) is 73.4 Å². The topological polar surface area (TPSA) is 190 Å². The van der Waals surface area contributed by atoms with Crippen molar-refractivity contribution < 1.29 is 123 Å². The van der Waals surface area contributed by atoms with Gasteiger partial charge in [-0.15, -0.1) is 6.54 Å². The van der Waals surface area contributed by atoms with Crippen LogP contribution in [-0.4, -0.2) is 194 Å².